The number of aryl methyl sites for hydroxylation is 1. The van der Waals surface area contributed by atoms with Crippen LogP contribution < -0.4 is 10.9 Å². The SMILES string of the molecule is Cc1cnc(-c2ccccc2)n(CC(=O)NC(C(=O)c2nnc(C(C)(C)c3ccc(F)cc3)o2)C(C)C)c1=O. The van der Waals surface area contributed by atoms with E-state index in [0.717, 1.165) is 5.56 Å². The minimum atomic E-state index is -0.978. The number of Topliss-reactive ketones (excluding diaryl/α,β-unsaturated/α-hetero) is 1. The van der Waals surface area contributed by atoms with E-state index < -0.39 is 23.1 Å². The minimum absolute atomic E-state index is 0.177. The van der Waals surface area contributed by atoms with Crippen LogP contribution in [0.25, 0.3) is 11.4 Å². The fourth-order valence-corrected chi connectivity index (χ4v) is 4.15. The zero-order valence-corrected chi connectivity index (χ0v) is 22.4. The summed E-state index contributed by atoms with van der Waals surface area (Å²) in [5.41, 5.74) is 0.660. The van der Waals surface area contributed by atoms with Crippen molar-refractivity contribution in [1.82, 2.24) is 25.1 Å². The third-order valence-corrected chi connectivity index (χ3v) is 6.55. The highest BCUT2D eigenvalue weighted by atomic mass is 19.1. The van der Waals surface area contributed by atoms with Crippen molar-refractivity contribution >= 4 is 11.7 Å². The second-order valence-electron chi connectivity index (χ2n) is 10.2. The molecule has 1 unspecified atom stereocenters. The van der Waals surface area contributed by atoms with Gasteiger partial charge in [0.1, 0.15) is 18.2 Å². The highest BCUT2D eigenvalue weighted by molar-refractivity contribution is 5.98. The molecule has 0 spiro atoms. The van der Waals surface area contributed by atoms with Crippen molar-refractivity contribution in [3.63, 3.8) is 0 Å². The lowest BCUT2D eigenvalue weighted by Crippen LogP contribution is -2.46. The molecule has 9 nitrogen and oxygen atoms in total. The Morgan fingerprint density at radius 3 is 2.36 bits per heavy atom. The Morgan fingerprint density at radius 1 is 1.05 bits per heavy atom. The highest BCUT2D eigenvalue weighted by Gasteiger charge is 2.34. The number of nitrogens with one attached hydrogen (secondary N) is 1. The maximum Gasteiger partial charge on any atom is 0.286 e. The van der Waals surface area contributed by atoms with Crippen molar-refractivity contribution in [2.24, 2.45) is 5.92 Å². The molecule has 0 aliphatic carbocycles. The van der Waals surface area contributed by atoms with E-state index in [1.54, 1.807) is 45.0 Å². The molecule has 0 aliphatic heterocycles. The number of hydrogen-bond acceptors (Lipinski definition) is 7. The minimum Gasteiger partial charge on any atom is -0.417 e. The molecule has 39 heavy (non-hydrogen) atoms. The Kier molecular flexibility index (Phi) is 7.85. The smallest absolute Gasteiger partial charge is 0.286 e. The summed E-state index contributed by atoms with van der Waals surface area (Å²) in [7, 11) is 0. The molecule has 0 saturated heterocycles. The lowest BCUT2D eigenvalue weighted by molar-refractivity contribution is -0.122. The fourth-order valence-electron chi connectivity index (χ4n) is 4.15. The number of benzene rings is 2. The number of carbonyl (C=O) groups is 2. The van der Waals surface area contributed by atoms with Gasteiger partial charge in [-0.25, -0.2) is 9.37 Å². The molecule has 0 radical (unpaired) electrons. The second-order valence-corrected chi connectivity index (χ2v) is 10.2. The Hall–Kier alpha value is -4.47. The zero-order chi connectivity index (χ0) is 28.3. The van der Waals surface area contributed by atoms with E-state index in [1.165, 1.54) is 22.9 Å². The van der Waals surface area contributed by atoms with Crippen molar-refractivity contribution in [2.75, 3.05) is 0 Å². The molecule has 0 bridgehead atoms. The summed E-state index contributed by atoms with van der Waals surface area (Å²) in [4.78, 5) is 43.8. The average molecular weight is 532 g/mol. The van der Waals surface area contributed by atoms with E-state index in [2.05, 4.69) is 20.5 Å². The number of hydrogen-bond donors (Lipinski definition) is 1. The summed E-state index contributed by atoms with van der Waals surface area (Å²) < 4.78 is 20.4. The van der Waals surface area contributed by atoms with Crippen molar-refractivity contribution in [3.05, 3.63) is 99.9 Å². The largest absolute Gasteiger partial charge is 0.417 e. The number of ketones is 1. The van der Waals surface area contributed by atoms with Gasteiger partial charge in [0.15, 0.2) is 0 Å². The van der Waals surface area contributed by atoms with Crippen LogP contribution >= 0.6 is 0 Å². The van der Waals surface area contributed by atoms with Crippen molar-refractivity contribution in [3.8, 4) is 11.4 Å². The van der Waals surface area contributed by atoms with E-state index >= 15 is 0 Å². The Morgan fingerprint density at radius 2 is 1.72 bits per heavy atom. The average Bonchev–Trinajstić information content (AvgIpc) is 3.42. The van der Waals surface area contributed by atoms with Crippen molar-refractivity contribution in [2.45, 2.75) is 52.6 Å². The normalized spacial score (nSPS) is 12.4. The molecule has 2 heterocycles. The van der Waals surface area contributed by atoms with Gasteiger partial charge >= 0.3 is 0 Å². The molecule has 1 amide bonds. The molecule has 2 aromatic heterocycles. The Labute approximate surface area is 225 Å². The summed E-state index contributed by atoms with van der Waals surface area (Å²) in [6, 6.07) is 14.0. The topological polar surface area (TPSA) is 120 Å². The van der Waals surface area contributed by atoms with Crippen LogP contribution in [0.3, 0.4) is 0 Å². The van der Waals surface area contributed by atoms with Gasteiger partial charge in [-0.1, -0.05) is 56.3 Å². The third kappa shape index (κ3) is 5.84. The summed E-state index contributed by atoms with van der Waals surface area (Å²) in [6.07, 6.45) is 1.47. The maximum absolute atomic E-state index is 13.4. The van der Waals surface area contributed by atoms with Gasteiger partial charge in [0.05, 0.1) is 11.5 Å². The number of nitrogens with zero attached hydrogens (tertiary/aromatic N) is 4. The van der Waals surface area contributed by atoms with Crippen LogP contribution in [-0.2, 0) is 16.8 Å². The highest BCUT2D eigenvalue weighted by Crippen LogP contribution is 2.30. The van der Waals surface area contributed by atoms with Crippen LogP contribution in [0, 0.1) is 18.7 Å². The zero-order valence-electron chi connectivity index (χ0n) is 22.4. The van der Waals surface area contributed by atoms with Gasteiger partial charge in [-0.2, -0.15) is 0 Å². The monoisotopic (exact) mass is 531 g/mol. The van der Waals surface area contributed by atoms with Gasteiger partial charge in [0.2, 0.25) is 17.6 Å². The lowest BCUT2D eigenvalue weighted by Gasteiger charge is -2.21. The second kappa shape index (κ2) is 11.1. The number of aromatic nitrogens is 4. The van der Waals surface area contributed by atoms with Crippen LogP contribution in [-0.4, -0.2) is 37.5 Å². The first kappa shape index (κ1) is 27.6. The molecule has 0 aliphatic rings. The predicted molar refractivity (Wildman–Crippen MR) is 143 cm³/mol. The molecule has 2 aromatic carbocycles. The van der Waals surface area contributed by atoms with E-state index in [-0.39, 0.29) is 35.6 Å². The van der Waals surface area contributed by atoms with Gasteiger partial charge in [-0.15, -0.1) is 10.2 Å². The summed E-state index contributed by atoms with van der Waals surface area (Å²) >= 11 is 0. The first-order valence-corrected chi connectivity index (χ1v) is 12.5. The molecule has 0 fully saturated rings. The summed E-state index contributed by atoms with van der Waals surface area (Å²) in [5.74, 6) is -1.51. The number of amides is 1. The van der Waals surface area contributed by atoms with Gasteiger partial charge in [0.25, 0.3) is 11.4 Å². The number of rotatable bonds is 9. The molecule has 10 heteroatoms. The maximum atomic E-state index is 13.4. The quantitative estimate of drug-likeness (QED) is 0.323. The lowest BCUT2D eigenvalue weighted by atomic mass is 9.84. The van der Waals surface area contributed by atoms with Gasteiger partial charge in [-0.05, 0) is 44.4 Å². The van der Waals surface area contributed by atoms with E-state index in [0.29, 0.717) is 17.0 Å². The van der Waals surface area contributed by atoms with Crippen molar-refractivity contribution in [1.29, 1.82) is 0 Å². The molecule has 4 aromatic rings. The predicted octanol–water partition coefficient (Wildman–Crippen LogP) is 4.09. The van der Waals surface area contributed by atoms with Gasteiger partial charge in [0, 0.05) is 17.3 Å². The van der Waals surface area contributed by atoms with Crippen LogP contribution in [0.5, 0.6) is 0 Å². The van der Waals surface area contributed by atoms with Crippen LogP contribution in [0.15, 0.2) is 70.0 Å². The van der Waals surface area contributed by atoms with Crippen LogP contribution in [0.1, 0.15) is 55.4 Å². The first-order valence-electron chi connectivity index (χ1n) is 12.5. The van der Waals surface area contributed by atoms with E-state index in [1.807, 2.05) is 32.0 Å². The van der Waals surface area contributed by atoms with Crippen LogP contribution in [0.2, 0.25) is 0 Å². The van der Waals surface area contributed by atoms with Crippen LogP contribution in [0.4, 0.5) is 4.39 Å². The molecule has 4 rings (SSSR count). The fraction of sp³-hybridized carbons (Fsp3) is 0.310. The van der Waals surface area contributed by atoms with E-state index in [9.17, 15) is 18.8 Å². The molecule has 0 saturated carbocycles. The molecule has 1 atom stereocenters. The molecular weight excluding hydrogens is 501 g/mol. The standard InChI is InChI=1S/C29H30FN5O4/c1-17(2)23(24(37)26-33-34-28(39-26)29(4,5)20-11-13-21(30)14-12-20)32-22(36)16-35-25(19-9-7-6-8-10-19)31-15-18(3)27(35)38/h6-15,17,23H,16H2,1-5H3,(H,32,36). The van der Waals surface area contributed by atoms with E-state index in [4.69, 9.17) is 4.42 Å². The number of carbonyl (C=O) groups excluding carboxylic acids is 2. The molecule has 202 valence electrons. The van der Waals surface area contributed by atoms with Crippen molar-refractivity contribution < 1.29 is 18.4 Å². The van der Waals surface area contributed by atoms with Gasteiger partial charge in [-0.3, -0.25) is 19.0 Å². The summed E-state index contributed by atoms with van der Waals surface area (Å²) in [6.45, 7) is 8.49. The Balaban J connectivity index is 1.56. The van der Waals surface area contributed by atoms with Gasteiger partial charge < -0.3 is 9.73 Å². The molecule has 1 N–H and O–H groups in total. The number of halogens is 1. The summed E-state index contributed by atoms with van der Waals surface area (Å²) in [5, 5.41) is 10.7. The third-order valence-electron chi connectivity index (χ3n) is 6.55. The Bertz CT molecular complexity index is 1540. The molecular formula is C29H30FN5O4. The first-order chi connectivity index (χ1) is 18.5.